The van der Waals surface area contributed by atoms with Gasteiger partial charge in [-0.25, -0.2) is 13.6 Å². The second-order valence-corrected chi connectivity index (χ2v) is 7.79. The average molecular weight is 407 g/mol. The van der Waals surface area contributed by atoms with Crippen molar-refractivity contribution in [3.05, 3.63) is 29.6 Å². The summed E-state index contributed by atoms with van der Waals surface area (Å²) in [5.74, 6) is -3.13. The number of urea groups is 1. The minimum absolute atomic E-state index is 0.00946. The Balaban J connectivity index is 1.61. The number of aliphatic carboxylic acids is 1. The minimum atomic E-state index is -2.00. The zero-order valence-electron chi connectivity index (χ0n) is 15.4. The second-order valence-electron chi connectivity index (χ2n) is 7.79. The number of carboxylic acids is 1. The quantitative estimate of drug-likeness (QED) is 0.793. The van der Waals surface area contributed by atoms with Crippen LogP contribution in [-0.4, -0.2) is 59.1 Å². The molecular weight excluding hydrogens is 388 g/mol. The SMILES string of the molecule is O=C1CCN(c2cc(C(=O)N3C[C@]4(F)CCC[C@]4(C(=O)O)C3)ccc2F)C(=O)N1. The van der Waals surface area contributed by atoms with E-state index in [1.807, 2.05) is 0 Å². The molecule has 0 unspecified atom stereocenters. The molecule has 2 N–H and O–H groups in total. The van der Waals surface area contributed by atoms with Crippen molar-refractivity contribution in [1.82, 2.24) is 10.2 Å². The largest absolute Gasteiger partial charge is 0.481 e. The van der Waals surface area contributed by atoms with Crippen molar-refractivity contribution < 1.29 is 33.1 Å². The lowest BCUT2D eigenvalue weighted by Gasteiger charge is -2.27. The minimum Gasteiger partial charge on any atom is -0.481 e. The molecule has 1 aromatic carbocycles. The Morgan fingerprint density at radius 2 is 1.93 bits per heavy atom. The van der Waals surface area contributed by atoms with Gasteiger partial charge < -0.3 is 10.0 Å². The van der Waals surface area contributed by atoms with Crippen molar-refractivity contribution in [2.75, 3.05) is 24.5 Å². The summed E-state index contributed by atoms with van der Waals surface area (Å²) in [6, 6.07) is 2.59. The van der Waals surface area contributed by atoms with Gasteiger partial charge in [-0.05, 0) is 37.5 Å². The average Bonchev–Trinajstić information content (AvgIpc) is 3.13. The lowest BCUT2D eigenvalue weighted by atomic mass is 9.78. The summed E-state index contributed by atoms with van der Waals surface area (Å²) in [6.45, 7) is -0.648. The Hall–Kier alpha value is -3.04. The van der Waals surface area contributed by atoms with E-state index in [-0.39, 0.29) is 50.1 Å². The highest BCUT2D eigenvalue weighted by atomic mass is 19.1. The van der Waals surface area contributed by atoms with Crippen LogP contribution in [0.5, 0.6) is 0 Å². The van der Waals surface area contributed by atoms with Crippen LogP contribution in [0.1, 0.15) is 36.0 Å². The number of alkyl halides is 1. The number of rotatable bonds is 3. The molecule has 3 fully saturated rings. The van der Waals surface area contributed by atoms with Crippen LogP contribution in [-0.2, 0) is 9.59 Å². The fraction of sp³-hybridized carbons (Fsp3) is 0.474. The fourth-order valence-corrected chi connectivity index (χ4v) is 4.61. The second kappa shape index (κ2) is 6.50. The Labute approximate surface area is 164 Å². The Kier molecular flexibility index (Phi) is 4.32. The van der Waals surface area contributed by atoms with E-state index < -0.39 is 40.7 Å². The van der Waals surface area contributed by atoms with Crippen molar-refractivity contribution in [3.8, 4) is 0 Å². The van der Waals surface area contributed by atoms with Crippen molar-refractivity contribution in [2.45, 2.75) is 31.4 Å². The number of anilines is 1. The van der Waals surface area contributed by atoms with Gasteiger partial charge in [0, 0.05) is 25.1 Å². The van der Waals surface area contributed by atoms with E-state index >= 15 is 4.39 Å². The van der Waals surface area contributed by atoms with Gasteiger partial charge in [0.25, 0.3) is 5.91 Å². The van der Waals surface area contributed by atoms with Crippen LogP contribution >= 0.6 is 0 Å². The highest BCUT2D eigenvalue weighted by Gasteiger charge is 2.66. The summed E-state index contributed by atoms with van der Waals surface area (Å²) in [4.78, 5) is 50.2. The first-order valence-electron chi connectivity index (χ1n) is 9.29. The standard InChI is InChI=1S/C19H19F2N3O5/c20-12-3-2-11(8-13(12)24-7-4-14(25)22-17(24)29)15(26)23-9-18(16(27)28)5-1-6-19(18,21)10-23/h2-3,8H,1,4-7,9-10H2,(H,27,28)(H,22,25,29)/t18-,19-/m1/s1. The molecule has 2 saturated heterocycles. The van der Waals surface area contributed by atoms with Gasteiger partial charge in [0.2, 0.25) is 5.91 Å². The number of carbonyl (C=O) groups excluding carboxylic acids is 3. The number of carbonyl (C=O) groups is 4. The number of benzene rings is 1. The third-order valence-corrected chi connectivity index (χ3v) is 6.17. The summed E-state index contributed by atoms with van der Waals surface area (Å²) in [5.41, 5.74) is -3.79. The lowest BCUT2D eigenvalue weighted by molar-refractivity contribution is -0.153. The first kappa shape index (κ1) is 19.3. The first-order valence-corrected chi connectivity index (χ1v) is 9.29. The van der Waals surface area contributed by atoms with E-state index in [0.717, 1.165) is 15.9 Å². The summed E-state index contributed by atoms with van der Waals surface area (Å²) in [7, 11) is 0. The van der Waals surface area contributed by atoms with Crippen LogP contribution in [0, 0.1) is 11.2 Å². The molecule has 0 bridgehead atoms. The van der Waals surface area contributed by atoms with Crippen LogP contribution in [0.2, 0.25) is 0 Å². The molecule has 10 heteroatoms. The molecule has 3 aliphatic rings. The monoisotopic (exact) mass is 407 g/mol. The number of nitrogens with zero attached hydrogens (tertiary/aromatic N) is 2. The van der Waals surface area contributed by atoms with Gasteiger partial charge in [-0.2, -0.15) is 0 Å². The predicted octanol–water partition coefficient (Wildman–Crippen LogP) is 1.69. The normalized spacial score (nSPS) is 29.0. The van der Waals surface area contributed by atoms with E-state index in [9.17, 15) is 28.7 Å². The number of amides is 4. The van der Waals surface area contributed by atoms with E-state index in [0.29, 0.717) is 6.42 Å². The van der Waals surface area contributed by atoms with Gasteiger partial charge >= 0.3 is 12.0 Å². The zero-order chi connectivity index (χ0) is 21.0. The number of likely N-dealkylation sites (tertiary alicyclic amines) is 1. The fourth-order valence-electron chi connectivity index (χ4n) is 4.61. The number of halogens is 2. The van der Waals surface area contributed by atoms with E-state index in [2.05, 4.69) is 5.32 Å². The third kappa shape index (κ3) is 2.85. The Morgan fingerprint density at radius 1 is 1.17 bits per heavy atom. The molecule has 2 heterocycles. The smallest absolute Gasteiger partial charge is 0.328 e. The predicted molar refractivity (Wildman–Crippen MR) is 95.6 cm³/mol. The Bertz CT molecular complexity index is 938. The van der Waals surface area contributed by atoms with Gasteiger partial charge in [0.1, 0.15) is 16.9 Å². The lowest BCUT2D eigenvalue weighted by Crippen LogP contribution is -2.50. The van der Waals surface area contributed by atoms with Gasteiger partial charge in [0.05, 0.1) is 12.2 Å². The highest BCUT2D eigenvalue weighted by molar-refractivity contribution is 6.06. The van der Waals surface area contributed by atoms with E-state index in [1.165, 1.54) is 12.1 Å². The molecular formula is C19H19F2N3O5. The van der Waals surface area contributed by atoms with Crippen LogP contribution in [0.3, 0.4) is 0 Å². The van der Waals surface area contributed by atoms with Gasteiger partial charge in [-0.3, -0.25) is 24.6 Å². The zero-order valence-corrected chi connectivity index (χ0v) is 15.4. The first-order chi connectivity index (χ1) is 13.7. The topological polar surface area (TPSA) is 107 Å². The summed E-state index contributed by atoms with van der Waals surface area (Å²) in [5, 5.41) is 11.7. The Morgan fingerprint density at radius 3 is 2.59 bits per heavy atom. The highest BCUT2D eigenvalue weighted by Crippen LogP contribution is 2.54. The van der Waals surface area contributed by atoms with Crippen molar-refractivity contribution >= 4 is 29.5 Å². The molecule has 0 radical (unpaired) electrons. The molecule has 1 aromatic rings. The molecule has 4 rings (SSSR count). The maximum atomic E-state index is 15.3. The van der Waals surface area contributed by atoms with Crippen LogP contribution in [0.4, 0.5) is 19.3 Å². The van der Waals surface area contributed by atoms with E-state index in [4.69, 9.17) is 0 Å². The molecule has 2 aliphatic heterocycles. The van der Waals surface area contributed by atoms with Crippen LogP contribution in [0.15, 0.2) is 18.2 Å². The van der Waals surface area contributed by atoms with Gasteiger partial charge in [0.15, 0.2) is 0 Å². The molecule has 2 atom stereocenters. The number of nitrogens with one attached hydrogen (secondary N) is 1. The molecule has 29 heavy (non-hydrogen) atoms. The van der Waals surface area contributed by atoms with Gasteiger partial charge in [-0.1, -0.05) is 0 Å². The van der Waals surface area contributed by atoms with Crippen molar-refractivity contribution in [3.63, 3.8) is 0 Å². The summed E-state index contributed by atoms with van der Waals surface area (Å²) >= 11 is 0. The molecule has 1 aliphatic carbocycles. The number of imide groups is 1. The molecule has 0 aromatic heterocycles. The number of hydrogen-bond acceptors (Lipinski definition) is 4. The number of carboxylic acid groups (broad SMARTS) is 1. The maximum absolute atomic E-state index is 15.3. The van der Waals surface area contributed by atoms with E-state index in [1.54, 1.807) is 0 Å². The summed E-state index contributed by atoms with van der Waals surface area (Å²) < 4.78 is 29.6. The maximum Gasteiger partial charge on any atom is 0.328 e. The van der Waals surface area contributed by atoms with Crippen molar-refractivity contribution in [1.29, 1.82) is 0 Å². The van der Waals surface area contributed by atoms with Crippen LogP contribution < -0.4 is 10.2 Å². The molecule has 4 amide bonds. The molecule has 8 nitrogen and oxygen atoms in total. The third-order valence-electron chi connectivity index (χ3n) is 6.17. The van der Waals surface area contributed by atoms with Gasteiger partial charge in [-0.15, -0.1) is 0 Å². The van der Waals surface area contributed by atoms with Crippen LogP contribution in [0.25, 0.3) is 0 Å². The molecule has 0 spiro atoms. The number of fused-ring (bicyclic) bond motifs is 1. The number of hydrogen-bond donors (Lipinski definition) is 2. The van der Waals surface area contributed by atoms with Crippen molar-refractivity contribution in [2.24, 2.45) is 5.41 Å². The molecule has 154 valence electrons. The summed E-state index contributed by atoms with van der Waals surface area (Å²) in [6.07, 6.45) is 0.647. The molecule has 1 saturated carbocycles.